The number of ether oxygens (including phenoxy) is 1. The summed E-state index contributed by atoms with van der Waals surface area (Å²) in [4.78, 5) is 14.7. The Bertz CT molecular complexity index is 446. The molecular formula is C16H21NO2. The van der Waals surface area contributed by atoms with Crippen molar-refractivity contribution in [2.75, 3.05) is 20.2 Å². The summed E-state index contributed by atoms with van der Waals surface area (Å²) in [6, 6.07) is 8.11. The van der Waals surface area contributed by atoms with Gasteiger partial charge in [0.25, 0.3) is 0 Å². The Morgan fingerprint density at radius 3 is 2.42 bits per heavy atom. The molecule has 0 aromatic heterocycles. The maximum Gasteiger partial charge on any atom is 0.176 e. The van der Waals surface area contributed by atoms with Gasteiger partial charge in [0.1, 0.15) is 5.75 Å². The van der Waals surface area contributed by atoms with Crippen LogP contribution >= 0.6 is 0 Å². The normalized spacial score (nSPS) is 18.6. The fourth-order valence-electron chi connectivity index (χ4n) is 2.47. The fourth-order valence-corrected chi connectivity index (χ4v) is 2.47. The molecule has 0 atom stereocenters. The highest BCUT2D eigenvalue weighted by Crippen LogP contribution is 2.34. The molecule has 0 radical (unpaired) electrons. The van der Waals surface area contributed by atoms with Crippen LogP contribution in [-0.4, -0.2) is 36.9 Å². The van der Waals surface area contributed by atoms with Crippen LogP contribution < -0.4 is 4.74 Å². The molecule has 3 rings (SSSR count). The van der Waals surface area contributed by atoms with E-state index in [1.165, 1.54) is 25.7 Å². The van der Waals surface area contributed by atoms with Gasteiger partial charge >= 0.3 is 0 Å². The fraction of sp³-hybridized carbons (Fsp3) is 0.562. The van der Waals surface area contributed by atoms with E-state index in [-0.39, 0.29) is 5.78 Å². The molecule has 1 aromatic carbocycles. The first-order valence-electron chi connectivity index (χ1n) is 7.17. The number of ketones is 1. The summed E-state index contributed by atoms with van der Waals surface area (Å²) in [6.45, 7) is 1.69. The number of rotatable bonds is 7. The third-order valence-corrected chi connectivity index (χ3v) is 4.01. The first-order valence-corrected chi connectivity index (χ1v) is 7.17. The Morgan fingerprint density at radius 2 is 1.89 bits per heavy atom. The van der Waals surface area contributed by atoms with Crippen molar-refractivity contribution in [1.82, 2.24) is 4.90 Å². The van der Waals surface area contributed by atoms with E-state index < -0.39 is 0 Å². The summed E-state index contributed by atoms with van der Waals surface area (Å²) >= 11 is 0. The quantitative estimate of drug-likeness (QED) is 0.705. The average molecular weight is 259 g/mol. The molecule has 19 heavy (non-hydrogen) atoms. The molecule has 1 aromatic rings. The molecule has 2 aliphatic carbocycles. The van der Waals surface area contributed by atoms with Gasteiger partial charge in [-0.1, -0.05) is 0 Å². The summed E-state index contributed by atoms with van der Waals surface area (Å²) in [5, 5.41) is 0. The highest BCUT2D eigenvalue weighted by molar-refractivity contribution is 5.97. The van der Waals surface area contributed by atoms with Gasteiger partial charge in [0.15, 0.2) is 5.78 Å². The molecule has 3 nitrogen and oxygen atoms in total. The standard InChI is InChI=1S/C16H21NO2/c1-19-15-8-4-13(5-9-15)16(18)11-17(14-6-7-14)10-12-2-3-12/h4-5,8-9,12,14H,2-3,6-7,10-11H2,1H3. The van der Waals surface area contributed by atoms with E-state index in [2.05, 4.69) is 4.90 Å². The predicted molar refractivity (Wildman–Crippen MR) is 74.6 cm³/mol. The largest absolute Gasteiger partial charge is 0.497 e. The van der Waals surface area contributed by atoms with Gasteiger partial charge in [0.05, 0.1) is 13.7 Å². The van der Waals surface area contributed by atoms with Crippen molar-refractivity contribution in [3.05, 3.63) is 29.8 Å². The number of methoxy groups -OCH3 is 1. The topological polar surface area (TPSA) is 29.5 Å². The molecule has 3 heteroatoms. The van der Waals surface area contributed by atoms with Crippen LogP contribution in [0, 0.1) is 5.92 Å². The molecule has 2 aliphatic rings. The van der Waals surface area contributed by atoms with Gasteiger partial charge in [0.2, 0.25) is 0 Å². The number of carbonyl (C=O) groups is 1. The van der Waals surface area contributed by atoms with Gasteiger partial charge in [-0.25, -0.2) is 0 Å². The lowest BCUT2D eigenvalue weighted by Gasteiger charge is -2.20. The maximum absolute atomic E-state index is 12.3. The Hall–Kier alpha value is -1.35. The molecular weight excluding hydrogens is 238 g/mol. The second-order valence-corrected chi connectivity index (χ2v) is 5.76. The lowest BCUT2D eigenvalue weighted by Crippen LogP contribution is -2.33. The number of nitrogens with zero attached hydrogens (tertiary/aromatic N) is 1. The third kappa shape index (κ3) is 3.35. The minimum Gasteiger partial charge on any atom is -0.497 e. The Balaban J connectivity index is 1.61. The lowest BCUT2D eigenvalue weighted by molar-refractivity contribution is 0.0921. The smallest absolute Gasteiger partial charge is 0.176 e. The van der Waals surface area contributed by atoms with E-state index in [9.17, 15) is 4.79 Å². The van der Waals surface area contributed by atoms with E-state index in [4.69, 9.17) is 4.74 Å². The SMILES string of the molecule is COc1ccc(C(=O)CN(CC2CC2)C2CC2)cc1. The molecule has 102 valence electrons. The van der Waals surface area contributed by atoms with Gasteiger partial charge in [-0.15, -0.1) is 0 Å². The number of Topliss-reactive ketones (excluding diaryl/α,β-unsaturated/α-hetero) is 1. The predicted octanol–water partition coefficient (Wildman–Crippen LogP) is 2.75. The van der Waals surface area contributed by atoms with Crippen LogP contribution in [-0.2, 0) is 0 Å². The first kappa shape index (κ1) is 12.7. The minimum absolute atomic E-state index is 0.232. The van der Waals surface area contributed by atoms with Crippen molar-refractivity contribution in [3.8, 4) is 5.75 Å². The van der Waals surface area contributed by atoms with Gasteiger partial charge in [-0.3, -0.25) is 9.69 Å². The van der Waals surface area contributed by atoms with Crippen molar-refractivity contribution in [1.29, 1.82) is 0 Å². The molecule has 0 saturated heterocycles. The van der Waals surface area contributed by atoms with Crippen molar-refractivity contribution in [3.63, 3.8) is 0 Å². The lowest BCUT2D eigenvalue weighted by atomic mass is 10.1. The van der Waals surface area contributed by atoms with Crippen molar-refractivity contribution < 1.29 is 9.53 Å². The van der Waals surface area contributed by atoms with Gasteiger partial charge in [-0.05, 0) is 55.9 Å². The molecule has 0 spiro atoms. The van der Waals surface area contributed by atoms with Crippen LogP contribution in [0.2, 0.25) is 0 Å². The molecule has 0 aliphatic heterocycles. The van der Waals surface area contributed by atoms with Gasteiger partial charge < -0.3 is 4.74 Å². The second-order valence-electron chi connectivity index (χ2n) is 5.76. The van der Waals surface area contributed by atoms with Crippen molar-refractivity contribution in [2.24, 2.45) is 5.92 Å². The highest BCUT2D eigenvalue weighted by Gasteiger charge is 2.34. The summed E-state index contributed by atoms with van der Waals surface area (Å²) < 4.78 is 5.12. The first-order chi connectivity index (χ1) is 9.26. The van der Waals surface area contributed by atoms with Crippen LogP contribution in [0.15, 0.2) is 24.3 Å². The average Bonchev–Trinajstić information content (AvgIpc) is 3.29. The second kappa shape index (κ2) is 5.33. The Morgan fingerprint density at radius 1 is 1.21 bits per heavy atom. The van der Waals surface area contributed by atoms with Crippen molar-refractivity contribution >= 4 is 5.78 Å². The summed E-state index contributed by atoms with van der Waals surface area (Å²) in [7, 11) is 1.64. The summed E-state index contributed by atoms with van der Waals surface area (Å²) in [5.74, 6) is 1.88. The zero-order valence-electron chi connectivity index (χ0n) is 11.5. The Labute approximate surface area is 114 Å². The highest BCUT2D eigenvalue weighted by atomic mass is 16.5. The molecule has 0 unspecified atom stereocenters. The van der Waals surface area contributed by atoms with Crippen LogP contribution in [0.1, 0.15) is 36.0 Å². The zero-order valence-corrected chi connectivity index (χ0v) is 11.5. The summed E-state index contributed by atoms with van der Waals surface area (Å²) in [6.07, 6.45) is 5.23. The van der Waals surface area contributed by atoms with E-state index in [1.807, 2.05) is 24.3 Å². The maximum atomic E-state index is 12.3. The van der Waals surface area contributed by atoms with Gasteiger partial charge in [-0.2, -0.15) is 0 Å². The van der Waals surface area contributed by atoms with Crippen LogP contribution in [0.4, 0.5) is 0 Å². The monoisotopic (exact) mass is 259 g/mol. The third-order valence-electron chi connectivity index (χ3n) is 4.01. The van der Waals surface area contributed by atoms with Crippen LogP contribution in [0.5, 0.6) is 5.75 Å². The zero-order chi connectivity index (χ0) is 13.2. The number of benzene rings is 1. The summed E-state index contributed by atoms with van der Waals surface area (Å²) in [5.41, 5.74) is 0.794. The van der Waals surface area contributed by atoms with Crippen LogP contribution in [0.3, 0.4) is 0 Å². The van der Waals surface area contributed by atoms with E-state index in [1.54, 1.807) is 7.11 Å². The van der Waals surface area contributed by atoms with Gasteiger partial charge in [0, 0.05) is 18.2 Å². The molecule has 0 N–H and O–H groups in total. The Kier molecular flexibility index (Phi) is 3.56. The molecule has 2 saturated carbocycles. The number of hydrogen-bond donors (Lipinski definition) is 0. The van der Waals surface area contributed by atoms with Crippen LogP contribution in [0.25, 0.3) is 0 Å². The van der Waals surface area contributed by atoms with E-state index in [0.29, 0.717) is 12.6 Å². The van der Waals surface area contributed by atoms with Crippen molar-refractivity contribution in [2.45, 2.75) is 31.7 Å². The number of hydrogen-bond acceptors (Lipinski definition) is 3. The number of carbonyl (C=O) groups excluding carboxylic acids is 1. The molecule has 0 heterocycles. The molecule has 0 bridgehead atoms. The molecule has 2 fully saturated rings. The van der Waals surface area contributed by atoms with E-state index in [0.717, 1.165) is 23.8 Å². The minimum atomic E-state index is 0.232. The van der Waals surface area contributed by atoms with E-state index >= 15 is 0 Å². The molecule has 0 amide bonds.